The molecule has 1 N–H and O–H groups in total. The zero-order chi connectivity index (χ0) is 35.1. The molecule has 1 atom stereocenters. The average Bonchev–Trinajstić information content (AvgIpc) is 3.62. The minimum Gasteiger partial charge on any atom is -0.456 e. The van der Waals surface area contributed by atoms with Crippen LogP contribution in [-0.2, 0) is 0 Å². The third kappa shape index (κ3) is 5.67. The fourth-order valence-electron chi connectivity index (χ4n) is 7.49. The lowest BCUT2D eigenvalue weighted by Crippen LogP contribution is -2.33. The molecule has 0 fully saturated rings. The third-order valence-electron chi connectivity index (χ3n) is 10.2. The summed E-state index contributed by atoms with van der Waals surface area (Å²) in [7, 11) is 0. The maximum absolute atomic E-state index is 6.45. The first-order chi connectivity index (χ1) is 26.2. The van der Waals surface area contributed by atoms with Gasteiger partial charge in [-0.1, -0.05) is 170 Å². The first kappa shape index (κ1) is 30.8. The first-order valence-corrected chi connectivity index (χ1v) is 17.9. The molecule has 53 heavy (non-hydrogen) atoms. The summed E-state index contributed by atoms with van der Waals surface area (Å²) in [5.74, 6) is 1.44. The van der Waals surface area contributed by atoms with E-state index in [0.29, 0.717) is 5.84 Å². The lowest BCUT2D eigenvalue weighted by atomic mass is 9.97. The third-order valence-corrected chi connectivity index (χ3v) is 10.2. The lowest BCUT2D eigenvalue weighted by molar-refractivity contribution is 0.668. The van der Waals surface area contributed by atoms with Crippen molar-refractivity contribution in [2.45, 2.75) is 6.17 Å². The molecule has 0 spiro atoms. The van der Waals surface area contributed by atoms with Crippen LogP contribution in [0.25, 0.3) is 66.1 Å². The molecule has 0 bridgehead atoms. The fraction of sp³-hybridized carbons (Fsp3) is 0.0204. The van der Waals surface area contributed by atoms with Gasteiger partial charge in [-0.05, 0) is 67.9 Å². The highest BCUT2D eigenvalue weighted by molar-refractivity contribution is 6.22. The van der Waals surface area contributed by atoms with Crippen molar-refractivity contribution in [3.8, 4) is 33.4 Å². The molecule has 1 aliphatic heterocycles. The molecule has 0 saturated carbocycles. The molecule has 9 aromatic rings. The number of nitrogens with zero attached hydrogens (tertiary/aromatic N) is 2. The highest BCUT2D eigenvalue weighted by Gasteiger charge is 2.24. The van der Waals surface area contributed by atoms with E-state index in [0.717, 1.165) is 61.2 Å². The van der Waals surface area contributed by atoms with Crippen LogP contribution < -0.4 is 5.32 Å². The van der Waals surface area contributed by atoms with Crippen LogP contribution in [0.4, 0.5) is 0 Å². The molecule has 10 rings (SSSR count). The van der Waals surface area contributed by atoms with Crippen LogP contribution in [0.5, 0.6) is 0 Å². The van der Waals surface area contributed by atoms with Gasteiger partial charge in [0.15, 0.2) is 5.84 Å². The number of fused-ring (bicyclic) bond motifs is 4. The molecule has 8 aromatic carbocycles. The van der Waals surface area contributed by atoms with E-state index in [9.17, 15) is 0 Å². The average molecular weight is 680 g/mol. The lowest BCUT2D eigenvalue weighted by Gasteiger charge is -2.24. The number of aliphatic imine (C=N–C) groups is 2. The van der Waals surface area contributed by atoms with Crippen molar-refractivity contribution in [1.29, 1.82) is 0 Å². The molecule has 250 valence electrons. The Kier molecular flexibility index (Phi) is 7.51. The molecule has 0 aliphatic carbocycles. The second-order valence-corrected chi connectivity index (χ2v) is 13.4. The second kappa shape index (κ2) is 12.9. The SMILES string of the molecule is c1ccc(-c2ccc(-c3ccc4oc5cccc(C6=NC(c7ccc(-c8cccc9ccccc89)cc7)=NC(c7ccccc7)N6)c5c4c3)cc2)cc1. The molecule has 0 saturated heterocycles. The predicted octanol–water partition coefficient (Wildman–Crippen LogP) is 12.2. The van der Waals surface area contributed by atoms with E-state index in [1.165, 1.54) is 27.5 Å². The summed E-state index contributed by atoms with van der Waals surface area (Å²) in [6.45, 7) is 0. The largest absolute Gasteiger partial charge is 0.456 e. The van der Waals surface area contributed by atoms with Crippen molar-refractivity contribution in [1.82, 2.24) is 5.32 Å². The Morgan fingerprint density at radius 3 is 1.85 bits per heavy atom. The van der Waals surface area contributed by atoms with Crippen LogP contribution in [-0.4, -0.2) is 11.7 Å². The predicted molar refractivity (Wildman–Crippen MR) is 219 cm³/mol. The second-order valence-electron chi connectivity index (χ2n) is 13.4. The van der Waals surface area contributed by atoms with Gasteiger partial charge in [0.05, 0.1) is 0 Å². The van der Waals surface area contributed by atoms with Gasteiger partial charge in [0.1, 0.15) is 23.2 Å². The van der Waals surface area contributed by atoms with Gasteiger partial charge in [-0.25, -0.2) is 9.98 Å². The number of hydrogen-bond donors (Lipinski definition) is 1. The van der Waals surface area contributed by atoms with Gasteiger partial charge in [0.2, 0.25) is 0 Å². The van der Waals surface area contributed by atoms with Gasteiger partial charge in [-0.15, -0.1) is 0 Å². The van der Waals surface area contributed by atoms with Crippen LogP contribution in [0.3, 0.4) is 0 Å². The van der Waals surface area contributed by atoms with Gasteiger partial charge < -0.3 is 9.73 Å². The molecule has 1 aliphatic rings. The summed E-state index contributed by atoms with van der Waals surface area (Å²) in [6.07, 6.45) is -0.316. The molecule has 0 amide bonds. The van der Waals surface area contributed by atoms with Crippen LogP contribution in [0, 0.1) is 0 Å². The highest BCUT2D eigenvalue weighted by Crippen LogP contribution is 2.36. The summed E-state index contributed by atoms with van der Waals surface area (Å²) in [6, 6.07) is 65.8. The first-order valence-electron chi connectivity index (χ1n) is 17.9. The Hall–Kier alpha value is -7.04. The van der Waals surface area contributed by atoms with Crippen LogP contribution in [0.1, 0.15) is 22.9 Å². The van der Waals surface area contributed by atoms with Crippen molar-refractivity contribution >= 4 is 44.4 Å². The Morgan fingerprint density at radius 2 is 1.04 bits per heavy atom. The summed E-state index contributed by atoms with van der Waals surface area (Å²) >= 11 is 0. The van der Waals surface area contributed by atoms with Crippen LogP contribution in [0.15, 0.2) is 202 Å². The van der Waals surface area contributed by atoms with Gasteiger partial charge >= 0.3 is 0 Å². The van der Waals surface area contributed by atoms with E-state index in [-0.39, 0.29) is 6.17 Å². The number of furan rings is 1. The van der Waals surface area contributed by atoms with E-state index < -0.39 is 0 Å². The number of hydrogen-bond acceptors (Lipinski definition) is 4. The summed E-state index contributed by atoms with van der Waals surface area (Å²) in [5, 5.41) is 8.21. The fourth-order valence-corrected chi connectivity index (χ4v) is 7.49. The molecule has 4 heteroatoms. The monoisotopic (exact) mass is 679 g/mol. The molecule has 2 heterocycles. The maximum Gasteiger partial charge on any atom is 0.159 e. The number of rotatable bonds is 6. The van der Waals surface area contributed by atoms with Crippen molar-refractivity contribution in [2.75, 3.05) is 0 Å². The maximum atomic E-state index is 6.45. The van der Waals surface area contributed by atoms with E-state index in [1.54, 1.807) is 0 Å². The molecular weight excluding hydrogens is 647 g/mol. The normalized spacial score (nSPS) is 14.2. The zero-order valence-corrected chi connectivity index (χ0v) is 28.8. The van der Waals surface area contributed by atoms with Crippen LogP contribution >= 0.6 is 0 Å². The van der Waals surface area contributed by atoms with E-state index in [2.05, 4.69) is 169 Å². The van der Waals surface area contributed by atoms with Gasteiger partial charge in [0.25, 0.3) is 0 Å². The summed E-state index contributed by atoms with van der Waals surface area (Å²) in [5.41, 5.74) is 11.7. The Morgan fingerprint density at radius 1 is 0.434 bits per heavy atom. The molecule has 1 aromatic heterocycles. The standard InChI is InChI=1S/C49H33N3O/c1-3-11-32(12-4-1)33-21-23-34(24-22-33)39-29-30-44-43(31-39)46-42(19-10-20-45(46)53-44)49-51-47(37-14-5-2-6-15-37)50-48(52-49)38-27-25-36(26-28-38)41-18-9-16-35-13-7-8-17-40(35)41/h1-31,47H,(H,50,51,52). The van der Waals surface area contributed by atoms with Crippen molar-refractivity contribution in [3.63, 3.8) is 0 Å². The van der Waals surface area contributed by atoms with E-state index >= 15 is 0 Å². The molecule has 4 nitrogen and oxygen atoms in total. The minimum atomic E-state index is -0.316. The Bertz CT molecular complexity index is 2830. The van der Waals surface area contributed by atoms with E-state index in [1.807, 2.05) is 24.3 Å². The highest BCUT2D eigenvalue weighted by atomic mass is 16.3. The number of nitrogens with one attached hydrogen (secondary N) is 1. The minimum absolute atomic E-state index is 0.316. The van der Waals surface area contributed by atoms with Gasteiger partial charge in [0, 0.05) is 21.9 Å². The topological polar surface area (TPSA) is 49.9 Å². The quantitative estimate of drug-likeness (QED) is 0.190. The smallest absolute Gasteiger partial charge is 0.159 e. The van der Waals surface area contributed by atoms with Crippen molar-refractivity contribution < 1.29 is 4.42 Å². The van der Waals surface area contributed by atoms with E-state index in [4.69, 9.17) is 14.4 Å². The van der Waals surface area contributed by atoms with Crippen LogP contribution in [0.2, 0.25) is 0 Å². The van der Waals surface area contributed by atoms with Crippen molar-refractivity contribution in [2.24, 2.45) is 9.98 Å². The summed E-state index contributed by atoms with van der Waals surface area (Å²) in [4.78, 5) is 10.4. The van der Waals surface area contributed by atoms with Crippen molar-refractivity contribution in [3.05, 3.63) is 205 Å². The summed E-state index contributed by atoms with van der Waals surface area (Å²) < 4.78 is 6.45. The van der Waals surface area contributed by atoms with Gasteiger partial charge in [-0.3, -0.25) is 0 Å². The Balaban J connectivity index is 1.06. The zero-order valence-electron chi connectivity index (χ0n) is 28.8. The Labute approximate surface area is 307 Å². The molecule has 1 unspecified atom stereocenters. The molecule has 0 radical (unpaired) electrons. The number of amidine groups is 2. The molecular formula is C49H33N3O. The van der Waals surface area contributed by atoms with Gasteiger partial charge in [-0.2, -0.15) is 0 Å². The number of benzene rings is 8.